The van der Waals surface area contributed by atoms with Crippen molar-refractivity contribution < 1.29 is 71.3 Å². The molecule has 2 aliphatic heterocycles. The Balaban J connectivity index is 0.000000363. The second-order valence-corrected chi connectivity index (χ2v) is 16.7. The molecule has 2 aromatic carbocycles. The first kappa shape index (κ1) is 52.3. The summed E-state index contributed by atoms with van der Waals surface area (Å²) in [5, 5.41) is 17.9. The van der Waals surface area contributed by atoms with E-state index in [-0.39, 0.29) is 24.4 Å². The minimum Gasteiger partial charge on any atom is -0.481 e. The number of carbonyl (C=O) groups is 10. The maximum atomic E-state index is 13.7. The Labute approximate surface area is 362 Å². The van der Waals surface area contributed by atoms with Gasteiger partial charge in [-0.15, -0.1) is 0 Å². The normalized spacial score (nSPS) is 16.4. The second-order valence-electron chi connectivity index (χ2n) is 16.7. The van der Waals surface area contributed by atoms with Crippen LogP contribution in [0.25, 0.3) is 0 Å². The summed E-state index contributed by atoms with van der Waals surface area (Å²) >= 11 is 0. The molecule has 0 spiro atoms. The smallest absolute Gasteiger partial charge is 0.408 e. The van der Waals surface area contributed by atoms with Gasteiger partial charge in [0.05, 0.1) is 18.5 Å². The van der Waals surface area contributed by atoms with Gasteiger partial charge in [-0.05, 0) is 105 Å². The zero-order valence-electron chi connectivity index (χ0n) is 36.6. The Hall–Kier alpha value is -6.80. The molecule has 2 heterocycles. The van der Waals surface area contributed by atoms with Gasteiger partial charge in [0, 0.05) is 18.5 Å². The van der Waals surface area contributed by atoms with Crippen molar-refractivity contribution in [2.24, 2.45) is 5.92 Å². The Bertz CT molecular complexity index is 2060. The van der Waals surface area contributed by atoms with E-state index in [0.717, 1.165) is 15.9 Å². The fourth-order valence-electron chi connectivity index (χ4n) is 5.79. The van der Waals surface area contributed by atoms with Gasteiger partial charge in [-0.25, -0.2) is 28.0 Å². The van der Waals surface area contributed by atoms with E-state index in [1.807, 2.05) is 5.32 Å². The molecule has 2 saturated heterocycles. The number of carboxylic acids is 1. The summed E-state index contributed by atoms with van der Waals surface area (Å²) in [5.41, 5.74) is -0.893. The zero-order chi connectivity index (χ0) is 48.1. The number of imide groups is 4. The number of carboxylic acid groups (broad SMARTS) is 1. The number of urea groups is 2. The largest absolute Gasteiger partial charge is 0.481 e. The Kier molecular flexibility index (Phi) is 18.6. The molecule has 2 aliphatic rings. The number of aliphatic carboxylic acids is 1. The molecule has 4 rings (SSSR count). The Morgan fingerprint density at radius 2 is 1.14 bits per heavy atom. The number of hydrogen-bond acceptors (Lipinski definition) is 12. The van der Waals surface area contributed by atoms with Crippen molar-refractivity contribution in [2.75, 3.05) is 0 Å². The summed E-state index contributed by atoms with van der Waals surface area (Å²) < 4.78 is 37.2. The van der Waals surface area contributed by atoms with E-state index in [1.54, 1.807) is 75.3 Å². The number of carbonyl (C=O) groups excluding carboxylic acids is 9. The number of rotatable bonds is 11. The Morgan fingerprint density at radius 1 is 0.714 bits per heavy atom. The quantitative estimate of drug-likeness (QED) is 0.182. The maximum absolute atomic E-state index is 13.7. The lowest BCUT2D eigenvalue weighted by Gasteiger charge is -2.32. The lowest BCUT2D eigenvalue weighted by molar-refractivity contribution is -0.149. The molecule has 0 bridgehead atoms. The molecule has 0 radical (unpaired) electrons. The van der Waals surface area contributed by atoms with Crippen molar-refractivity contribution in [2.45, 2.75) is 124 Å². The number of barbiturate groups is 2. The summed E-state index contributed by atoms with van der Waals surface area (Å²) in [6, 6.07) is 6.43. The molecule has 10 amide bonds. The van der Waals surface area contributed by atoms with Crippen molar-refractivity contribution in [1.82, 2.24) is 31.1 Å². The fraction of sp³-hybridized carbons (Fsp3) is 0.476. The maximum Gasteiger partial charge on any atom is 0.408 e. The van der Waals surface area contributed by atoms with Crippen LogP contribution in [0.5, 0.6) is 0 Å². The first-order chi connectivity index (χ1) is 29.0. The van der Waals surface area contributed by atoms with E-state index < -0.39 is 113 Å². The van der Waals surface area contributed by atoms with Crippen LogP contribution in [0.15, 0.2) is 48.5 Å². The van der Waals surface area contributed by atoms with Gasteiger partial charge in [-0.2, -0.15) is 0 Å². The van der Waals surface area contributed by atoms with E-state index >= 15 is 0 Å². The van der Waals surface area contributed by atoms with Crippen LogP contribution >= 0.6 is 0 Å². The predicted octanol–water partition coefficient (Wildman–Crippen LogP) is 5.18. The van der Waals surface area contributed by atoms with Gasteiger partial charge in [0.1, 0.15) is 29.3 Å². The highest BCUT2D eigenvalue weighted by molar-refractivity contribution is 6.26. The van der Waals surface area contributed by atoms with E-state index in [0.29, 0.717) is 5.56 Å². The molecule has 344 valence electrons. The summed E-state index contributed by atoms with van der Waals surface area (Å²) in [6.45, 7) is 16.6. The standard InChI is InChI=1S/C21H26FN3O6.C14H18FNO4.C7H10N2O3/c1-11(2)25-18(28)16(17(27)24-19(25)29)15(26)10-14(12-7-6-8-13(22)9-12)23-20(30)31-21(3,4)5;1-14(2,3)20-13(19)16-11(8-12(17)18)9-5-4-6-10(15)7-9;1-4(2)9-6(11)3-5(10)8-7(9)12/h6-9,11,14,16H,10H2,1-5H3,(H,23,30)(H,24,27,29);4-7,11H,8H2,1-3H3,(H,16,19)(H,17,18);4H,3H2,1-2H3,(H,8,10,12)/t14-,16?;11-;/m11./s1. The van der Waals surface area contributed by atoms with Gasteiger partial charge in [0.25, 0.3) is 5.91 Å². The second kappa shape index (κ2) is 22.3. The third-order valence-corrected chi connectivity index (χ3v) is 8.26. The number of ketones is 1. The lowest BCUT2D eigenvalue weighted by atomic mass is 9.91. The summed E-state index contributed by atoms with van der Waals surface area (Å²) in [4.78, 5) is 119. The van der Waals surface area contributed by atoms with Crippen LogP contribution in [-0.2, 0) is 38.2 Å². The molecule has 3 atom stereocenters. The molecule has 2 fully saturated rings. The Morgan fingerprint density at radius 3 is 1.52 bits per heavy atom. The zero-order valence-corrected chi connectivity index (χ0v) is 36.6. The van der Waals surface area contributed by atoms with E-state index in [1.165, 1.54) is 36.4 Å². The SMILES string of the molecule is CC(C)(C)OC(=O)N[C@H](CC(=O)O)c1cccc(F)c1.CC(C)N1C(=O)CC(=O)NC1=O.CC(C)N1C(=O)NC(=O)C(C(=O)C[C@@H](NC(=O)OC(C)(C)C)c2cccc(F)c2)C1=O. The van der Waals surface area contributed by atoms with Crippen LogP contribution in [0, 0.1) is 17.6 Å². The third kappa shape index (κ3) is 17.2. The molecule has 2 aromatic rings. The molecular formula is C42H54F2N6O13. The molecule has 5 N–H and O–H groups in total. The van der Waals surface area contributed by atoms with Gasteiger partial charge in [0.15, 0.2) is 11.7 Å². The number of nitrogens with one attached hydrogen (secondary N) is 4. The van der Waals surface area contributed by atoms with Gasteiger partial charge in [-0.1, -0.05) is 24.3 Å². The van der Waals surface area contributed by atoms with E-state index in [9.17, 15) is 56.7 Å². The topological polar surface area (TPSA) is 264 Å². The molecule has 19 nitrogen and oxygen atoms in total. The number of nitrogens with zero attached hydrogens (tertiary/aromatic N) is 2. The van der Waals surface area contributed by atoms with Gasteiger partial charge >= 0.3 is 30.2 Å². The third-order valence-electron chi connectivity index (χ3n) is 8.26. The number of ether oxygens (including phenoxy) is 2. The van der Waals surface area contributed by atoms with Gasteiger partial charge in [0.2, 0.25) is 17.7 Å². The van der Waals surface area contributed by atoms with Crippen molar-refractivity contribution in [3.63, 3.8) is 0 Å². The lowest BCUT2D eigenvalue weighted by Crippen LogP contribution is -2.61. The molecule has 63 heavy (non-hydrogen) atoms. The minimum atomic E-state index is -1.75. The number of alkyl carbamates (subject to hydrolysis) is 2. The average Bonchev–Trinajstić information content (AvgIpc) is 3.09. The van der Waals surface area contributed by atoms with Crippen molar-refractivity contribution in [1.29, 1.82) is 0 Å². The summed E-state index contributed by atoms with van der Waals surface area (Å²) in [5.74, 6) is -7.71. The number of hydrogen-bond donors (Lipinski definition) is 5. The highest BCUT2D eigenvalue weighted by Crippen LogP contribution is 2.24. The van der Waals surface area contributed by atoms with Crippen LogP contribution in [0.4, 0.5) is 28.0 Å². The summed E-state index contributed by atoms with van der Waals surface area (Å²) in [7, 11) is 0. The number of amides is 10. The first-order valence-electron chi connectivity index (χ1n) is 19.6. The molecular weight excluding hydrogens is 834 g/mol. The average molecular weight is 889 g/mol. The molecule has 0 aromatic heterocycles. The molecule has 1 unspecified atom stereocenters. The minimum absolute atomic E-state index is 0.203. The molecule has 0 saturated carbocycles. The monoisotopic (exact) mass is 888 g/mol. The molecule has 21 heteroatoms. The van der Waals surface area contributed by atoms with E-state index in [2.05, 4.69) is 16.0 Å². The van der Waals surface area contributed by atoms with Crippen molar-refractivity contribution >= 4 is 59.6 Å². The highest BCUT2D eigenvalue weighted by atomic mass is 19.1. The number of benzene rings is 2. The fourth-order valence-corrected chi connectivity index (χ4v) is 5.79. The van der Waals surface area contributed by atoms with Crippen LogP contribution in [0.3, 0.4) is 0 Å². The van der Waals surface area contributed by atoms with E-state index in [4.69, 9.17) is 14.6 Å². The predicted molar refractivity (Wildman–Crippen MR) is 218 cm³/mol. The van der Waals surface area contributed by atoms with Crippen LogP contribution in [0.2, 0.25) is 0 Å². The number of Topliss-reactive ketones (excluding diaryl/α,β-unsaturated/α-hetero) is 1. The van der Waals surface area contributed by atoms with Crippen molar-refractivity contribution in [3.05, 3.63) is 71.3 Å². The van der Waals surface area contributed by atoms with Crippen molar-refractivity contribution in [3.8, 4) is 0 Å². The van der Waals surface area contributed by atoms with Crippen LogP contribution in [-0.4, -0.2) is 97.8 Å². The van der Waals surface area contributed by atoms with Crippen LogP contribution in [0.1, 0.15) is 112 Å². The summed E-state index contributed by atoms with van der Waals surface area (Å²) in [6.07, 6.45) is -2.68. The highest BCUT2D eigenvalue weighted by Gasteiger charge is 2.46. The van der Waals surface area contributed by atoms with Gasteiger partial charge < -0.3 is 25.2 Å². The van der Waals surface area contributed by atoms with Crippen LogP contribution < -0.4 is 21.3 Å². The molecule has 0 aliphatic carbocycles. The first-order valence-corrected chi connectivity index (χ1v) is 19.6. The van der Waals surface area contributed by atoms with Gasteiger partial charge in [-0.3, -0.25) is 49.2 Å². The number of halogens is 2.